The molecule has 2 N–H and O–H groups in total. The highest BCUT2D eigenvalue weighted by Gasteiger charge is 2.37. The van der Waals surface area contributed by atoms with Gasteiger partial charge in [-0.2, -0.15) is 0 Å². The topological polar surface area (TPSA) is 124 Å². The summed E-state index contributed by atoms with van der Waals surface area (Å²) >= 11 is 0. The van der Waals surface area contributed by atoms with Crippen molar-refractivity contribution in [2.75, 3.05) is 11.9 Å². The zero-order valence-corrected chi connectivity index (χ0v) is 14.6. The minimum Gasteiger partial charge on any atom is -0.434 e. The predicted molar refractivity (Wildman–Crippen MR) is 96.4 cm³/mol. The number of hydrogen-bond acceptors (Lipinski definition) is 7. The Morgan fingerprint density at radius 3 is 2.74 bits per heavy atom. The fraction of sp³-hybridized carbons (Fsp3) is 0.222. The standard InChI is InChI=1S/C18H17N3O6/c1-3-26-18(23)27-16-10(2)20-12-8-9-19-17(22)15(12)14(16)11-6-4-5-7-13(11)21(24)25/h4-9,14,20H,3H2,1-2H3,(H,19,22). The van der Waals surface area contributed by atoms with E-state index in [1.807, 2.05) is 0 Å². The Labute approximate surface area is 153 Å². The van der Waals surface area contributed by atoms with Crippen molar-refractivity contribution in [3.05, 3.63) is 79.6 Å². The number of nitrogens with one attached hydrogen (secondary N) is 2. The van der Waals surface area contributed by atoms with Gasteiger partial charge in [-0.25, -0.2) is 4.79 Å². The highest BCUT2D eigenvalue weighted by molar-refractivity contribution is 5.69. The highest BCUT2D eigenvalue weighted by atomic mass is 16.7. The number of nitro groups is 1. The Kier molecular flexibility index (Phi) is 4.93. The number of ether oxygens (including phenoxy) is 2. The molecular formula is C18H17N3O6. The summed E-state index contributed by atoms with van der Waals surface area (Å²) in [6.45, 7) is 3.38. The number of rotatable bonds is 4. The molecule has 2 aromatic rings. The summed E-state index contributed by atoms with van der Waals surface area (Å²) in [5.41, 5.74) is 0.759. The summed E-state index contributed by atoms with van der Waals surface area (Å²) in [6, 6.07) is 7.67. The third-order valence-corrected chi connectivity index (χ3v) is 4.14. The number of nitrogens with zero attached hydrogens (tertiary/aromatic N) is 1. The summed E-state index contributed by atoms with van der Waals surface area (Å²) in [5.74, 6) is -0.871. The number of anilines is 1. The Morgan fingerprint density at radius 1 is 1.30 bits per heavy atom. The van der Waals surface area contributed by atoms with E-state index in [1.165, 1.54) is 24.4 Å². The number of fused-ring (bicyclic) bond motifs is 1. The first kappa shape index (κ1) is 18.2. The maximum Gasteiger partial charge on any atom is 0.513 e. The third kappa shape index (κ3) is 3.39. The van der Waals surface area contributed by atoms with Crippen LogP contribution in [0.3, 0.4) is 0 Å². The fourth-order valence-electron chi connectivity index (χ4n) is 3.06. The number of benzene rings is 1. The van der Waals surface area contributed by atoms with Gasteiger partial charge in [-0.3, -0.25) is 14.9 Å². The number of nitro benzene ring substituents is 1. The number of carbonyl (C=O) groups is 1. The number of H-pyrrole nitrogens is 1. The number of para-hydroxylation sites is 1. The van der Waals surface area contributed by atoms with Crippen molar-refractivity contribution < 1.29 is 19.2 Å². The smallest absolute Gasteiger partial charge is 0.434 e. The van der Waals surface area contributed by atoms with Gasteiger partial charge >= 0.3 is 6.16 Å². The number of hydrogen-bond donors (Lipinski definition) is 2. The predicted octanol–water partition coefficient (Wildman–Crippen LogP) is 3.25. The van der Waals surface area contributed by atoms with Gasteiger partial charge < -0.3 is 19.8 Å². The SMILES string of the molecule is CCOC(=O)OC1=C(C)Nc2cc[nH]c(=O)c2C1c1ccccc1[N+](=O)[O-]. The number of carbonyl (C=O) groups excluding carboxylic acids is 1. The van der Waals surface area contributed by atoms with Gasteiger partial charge in [-0.15, -0.1) is 0 Å². The van der Waals surface area contributed by atoms with Crippen molar-refractivity contribution in [1.29, 1.82) is 0 Å². The van der Waals surface area contributed by atoms with Crippen molar-refractivity contribution in [1.82, 2.24) is 4.98 Å². The molecule has 0 fully saturated rings. The van der Waals surface area contributed by atoms with Crippen LogP contribution in [-0.4, -0.2) is 22.7 Å². The average molecular weight is 371 g/mol. The minimum atomic E-state index is -0.951. The molecule has 1 aliphatic heterocycles. The van der Waals surface area contributed by atoms with E-state index in [4.69, 9.17) is 9.47 Å². The Hall–Kier alpha value is -3.62. The van der Waals surface area contributed by atoms with Crippen LogP contribution in [0.15, 0.2) is 52.8 Å². The maximum absolute atomic E-state index is 12.5. The van der Waals surface area contributed by atoms with Gasteiger partial charge in [-0.1, -0.05) is 18.2 Å². The molecule has 1 unspecified atom stereocenters. The van der Waals surface area contributed by atoms with E-state index >= 15 is 0 Å². The molecule has 1 aromatic heterocycles. The van der Waals surface area contributed by atoms with Crippen LogP contribution in [-0.2, 0) is 9.47 Å². The molecule has 0 spiro atoms. The number of aromatic amines is 1. The summed E-state index contributed by atoms with van der Waals surface area (Å²) in [5, 5.41) is 14.5. The van der Waals surface area contributed by atoms with Crippen molar-refractivity contribution in [3.8, 4) is 0 Å². The lowest BCUT2D eigenvalue weighted by Crippen LogP contribution is -2.28. The molecule has 9 heteroatoms. The molecule has 1 aromatic carbocycles. The molecule has 1 atom stereocenters. The van der Waals surface area contributed by atoms with Gasteiger partial charge in [0.15, 0.2) is 0 Å². The Balaban J connectivity index is 2.24. The average Bonchev–Trinajstić information content (AvgIpc) is 2.63. The van der Waals surface area contributed by atoms with Crippen LogP contribution in [0.2, 0.25) is 0 Å². The van der Waals surface area contributed by atoms with Crippen LogP contribution in [0.4, 0.5) is 16.2 Å². The molecule has 27 heavy (non-hydrogen) atoms. The number of aromatic nitrogens is 1. The van der Waals surface area contributed by atoms with E-state index in [-0.39, 0.29) is 29.2 Å². The summed E-state index contributed by atoms with van der Waals surface area (Å²) in [6.07, 6.45) is 0.516. The largest absolute Gasteiger partial charge is 0.513 e. The summed E-state index contributed by atoms with van der Waals surface area (Å²) in [7, 11) is 0. The van der Waals surface area contributed by atoms with Crippen LogP contribution in [0.1, 0.15) is 30.9 Å². The normalized spacial score (nSPS) is 15.6. The van der Waals surface area contributed by atoms with Gasteiger partial charge in [0.25, 0.3) is 11.2 Å². The summed E-state index contributed by atoms with van der Waals surface area (Å²) < 4.78 is 10.2. The molecule has 3 rings (SSSR count). The van der Waals surface area contributed by atoms with Gasteiger partial charge in [0.1, 0.15) is 5.76 Å². The van der Waals surface area contributed by atoms with Crippen molar-refractivity contribution in [2.45, 2.75) is 19.8 Å². The highest BCUT2D eigenvalue weighted by Crippen LogP contribution is 2.43. The Morgan fingerprint density at radius 2 is 2.04 bits per heavy atom. The van der Waals surface area contributed by atoms with Gasteiger partial charge in [0.2, 0.25) is 0 Å². The molecule has 1 aliphatic rings. The van der Waals surface area contributed by atoms with E-state index in [2.05, 4.69) is 10.3 Å². The van der Waals surface area contributed by atoms with E-state index < -0.39 is 22.6 Å². The quantitative estimate of drug-likeness (QED) is 0.480. The summed E-state index contributed by atoms with van der Waals surface area (Å²) in [4.78, 5) is 38.0. The maximum atomic E-state index is 12.5. The van der Waals surface area contributed by atoms with E-state index in [0.29, 0.717) is 11.4 Å². The second-order valence-corrected chi connectivity index (χ2v) is 5.78. The minimum absolute atomic E-state index is 0.0759. The van der Waals surface area contributed by atoms with Crippen molar-refractivity contribution in [3.63, 3.8) is 0 Å². The first-order valence-electron chi connectivity index (χ1n) is 8.21. The molecular weight excluding hydrogens is 354 g/mol. The van der Waals surface area contributed by atoms with Crippen molar-refractivity contribution >= 4 is 17.5 Å². The number of allylic oxidation sites excluding steroid dienone is 2. The van der Waals surface area contributed by atoms with Crippen molar-refractivity contribution in [2.24, 2.45) is 0 Å². The lowest BCUT2D eigenvalue weighted by molar-refractivity contribution is -0.385. The van der Waals surface area contributed by atoms with Crippen LogP contribution < -0.4 is 10.9 Å². The molecule has 140 valence electrons. The van der Waals surface area contributed by atoms with Crippen LogP contribution >= 0.6 is 0 Å². The van der Waals surface area contributed by atoms with E-state index in [9.17, 15) is 19.7 Å². The van der Waals surface area contributed by atoms with Crippen LogP contribution in [0.5, 0.6) is 0 Å². The lowest BCUT2D eigenvalue weighted by Gasteiger charge is -2.28. The molecule has 0 aliphatic carbocycles. The van der Waals surface area contributed by atoms with Gasteiger partial charge in [0, 0.05) is 23.5 Å². The zero-order valence-electron chi connectivity index (χ0n) is 14.6. The lowest BCUT2D eigenvalue weighted by atomic mass is 9.85. The fourth-order valence-corrected chi connectivity index (χ4v) is 3.06. The van der Waals surface area contributed by atoms with E-state index in [0.717, 1.165) is 0 Å². The second-order valence-electron chi connectivity index (χ2n) is 5.78. The molecule has 2 heterocycles. The number of pyridine rings is 1. The first-order chi connectivity index (χ1) is 12.9. The molecule has 0 amide bonds. The molecule has 9 nitrogen and oxygen atoms in total. The first-order valence-corrected chi connectivity index (χ1v) is 8.21. The molecule has 0 radical (unpaired) electrons. The molecule has 0 saturated heterocycles. The van der Waals surface area contributed by atoms with Gasteiger partial charge in [0.05, 0.1) is 28.7 Å². The van der Waals surface area contributed by atoms with Gasteiger partial charge in [-0.05, 0) is 19.9 Å². The Bertz CT molecular complexity index is 995. The van der Waals surface area contributed by atoms with E-state index in [1.54, 1.807) is 26.0 Å². The zero-order chi connectivity index (χ0) is 19.6. The van der Waals surface area contributed by atoms with Crippen LogP contribution in [0.25, 0.3) is 0 Å². The second kappa shape index (κ2) is 7.32. The monoisotopic (exact) mass is 371 g/mol. The third-order valence-electron chi connectivity index (χ3n) is 4.14. The molecule has 0 bridgehead atoms. The van der Waals surface area contributed by atoms with Crippen LogP contribution in [0, 0.1) is 10.1 Å². The molecule has 0 saturated carbocycles.